The molecule has 4 rings (SSSR count). The van der Waals surface area contributed by atoms with Gasteiger partial charge in [0.1, 0.15) is 5.69 Å². The van der Waals surface area contributed by atoms with Crippen LogP contribution in [0, 0.1) is 0 Å². The fourth-order valence-electron chi connectivity index (χ4n) is 3.38. The number of amides is 1. The molecule has 0 aliphatic carbocycles. The first-order chi connectivity index (χ1) is 13.8. The number of benzene rings is 3. The van der Waals surface area contributed by atoms with Gasteiger partial charge in [0.2, 0.25) is 0 Å². The fourth-order valence-corrected chi connectivity index (χ4v) is 3.50. The molecule has 1 amide bonds. The molecular weight excluding hydrogens is 382 g/mol. The summed E-state index contributed by atoms with van der Waals surface area (Å²) in [6.45, 7) is 6.35. The summed E-state index contributed by atoms with van der Waals surface area (Å²) in [6, 6.07) is 22.8. The molecule has 3 aromatic carbocycles. The number of hydrogen-bond acceptors (Lipinski definition) is 2. The molecule has 5 heteroatoms. The van der Waals surface area contributed by atoms with Crippen molar-refractivity contribution in [1.29, 1.82) is 0 Å². The molecule has 0 saturated carbocycles. The Bertz CT molecular complexity index is 1170. The summed E-state index contributed by atoms with van der Waals surface area (Å²) in [5, 5.41) is 9.52. The second-order valence-corrected chi connectivity index (χ2v) is 8.39. The number of rotatable bonds is 3. The Morgan fingerprint density at radius 2 is 1.62 bits per heavy atom. The normalized spacial score (nSPS) is 11.6. The number of halogens is 1. The highest BCUT2D eigenvalue weighted by atomic mass is 35.5. The third-order valence-electron chi connectivity index (χ3n) is 4.74. The average molecular weight is 404 g/mol. The Morgan fingerprint density at radius 1 is 0.931 bits per heavy atom. The number of aromatic nitrogens is 2. The van der Waals surface area contributed by atoms with Crippen LogP contribution >= 0.6 is 11.6 Å². The highest BCUT2D eigenvalue weighted by Crippen LogP contribution is 2.36. The van der Waals surface area contributed by atoms with Crippen molar-refractivity contribution >= 4 is 34.1 Å². The summed E-state index contributed by atoms with van der Waals surface area (Å²) >= 11 is 5.95. The lowest BCUT2D eigenvalue weighted by Gasteiger charge is -2.20. The quantitative estimate of drug-likeness (QED) is 0.432. The maximum absolute atomic E-state index is 12.8. The van der Waals surface area contributed by atoms with E-state index in [-0.39, 0.29) is 11.4 Å². The highest BCUT2D eigenvalue weighted by Gasteiger charge is 2.23. The van der Waals surface area contributed by atoms with Crippen LogP contribution in [0.15, 0.2) is 72.8 Å². The first kappa shape index (κ1) is 19.2. The van der Waals surface area contributed by atoms with Crippen molar-refractivity contribution in [3.05, 3.63) is 83.4 Å². The van der Waals surface area contributed by atoms with Crippen molar-refractivity contribution in [1.82, 2.24) is 9.78 Å². The third-order valence-corrected chi connectivity index (χ3v) is 5.00. The smallest absolute Gasteiger partial charge is 0.255 e. The van der Waals surface area contributed by atoms with E-state index in [0.717, 1.165) is 27.8 Å². The zero-order chi connectivity index (χ0) is 20.6. The van der Waals surface area contributed by atoms with Crippen LogP contribution < -0.4 is 5.32 Å². The molecule has 0 spiro atoms. The first-order valence-corrected chi connectivity index (χ1v) is 9.87. The maximum Gasteiger partial charge on any atom is 0.255 e. The second kappa shape index (κ2) is 7.37. The monoisotopic (exact) mass is 403 g/mol. The molecule has 0 radical (unpaired) electrons. The molecule has 146 valence electrons. The Morgan fingerprint density at radius 3 is 2.28 bits per heavy atom. The SMILES string of the molecule is CC(C)(C)n1nc(-c2ccccc2)c2c(NC(=O)c3ccc(Cl)cc3)cccc21. The molecule has 4 aromatic rings. The van der Waals surface area contributed by atoms with Gasteiger partial charge in [0.05, 0.1) is 22.1 Å². The molecule has 1 aromatic heterocycles. The Hall–Kier alpha value is -3.11. The van der Waals surface area contributed by atoms with Gasteiger partial charge in [-0.05, 0) is 57.2 Å². The van der Waals surface area contributed by atoms with Crippen LogP contribution in [0.3, 0.4) is 0 Å². The standard InChI is InChI=1S/C24H22ClN3O/c1-24(2,3)28-20-11-7-10-19(26-23(29)17-12-14-18(25)15-13-17)21(20)22(27-28)16-8-5-4-6-9-16/h4-15H,1-3H3,(H,26,29). The minimum absolute atomic E-state index is 0.184. The lowest BCUT2D eigenvalue weighted by molar-refractivity contribution is 0.102. The molecule has 29 heavy (non-hydrogen) atoms. The average Bonchev–Trinajstić information content (AvgIpc) is 3.10. The van der Waals surface area contributed by atoms with Gasteiger partial charge in [-0.2, -0.15) is 5.10 Å². The van der Waals surface area contributed by atoms with E-state index in [2.05, 4.69) is 26.1 Å². The number of carbonyl (C=O) groups is 1. The molecule has 0 fully saturated rings. The van der Waals surface area contributed by atoms with Crippen molar-refractivity contribution in [2.24, 2.45) is 0 Å². The molecule has 0 aliphatic heterocycles. The molecule has 1 heterocycles. The van der Waals surface area contributed by atoms with Crippen LogP contribution in [0.4, 0.5) is 5.69 Å². The van der Waals surface area contributed by atoms with Gasteiger partial charge in [0.15, 0.2) is 0 Å². The Balaban J connectivity index is 1.87. The maximum atomic E-state index is 12.8. The molecule has 4 nitrogen and oxygen atoms in total. The second-order valence-electron chi connectivity index (χ2n) is 7.96. The predicted octanol–water partition coefficient (Wildman–Crippen LogP) is 6.36. The summed E-state index contributed by atoms with van der Waals surface area (Å²) in [6.07, 6.45) is 0. The van der Waals surface area contributed by atoms with Crippen LogP contribution in [0.1, 0.15) is 31.1 Å². The molecule has 0 unspecified atom stereocenters. The summed E-state index contributed by atoms with van der Waals surface area (Å²) in [7, 11) is 0. The van der Waals surface area contributed by atoms with Gasteiger partial charge in [0.25, 0.3) is 5.91 Å². The van der Waals surface area contributed by atoms with Gasteiger partial charge < -0.3 is 5.32 Å². The molecule has 0 aliphatic rings. The van der Waals surface area contributed by atoms with E-state index >= 15 is 0 Å². The Labute approximate surface area is 175 Å². The number of anilines is 1. The van der Waals surface area contributed by atoms with E-state index in [9.17, 15) is 4.79 Å². The van der Waals surface area contributed by atoms with Crippen molar-refractivity contribution in [2.75, 3.05) is 5.32 Å². The number of fused-ring (bicyclic) bond motifs is 1. The minimum atomic E-state index is -0.204. The van der Waals surface area contributed by atoms with E-state index < -0.39 is 0 Å². The van der Waals surface area contributed by atoms with Gasteiger partial charge in [-0.3, -0.25) is 9.48 Å². The lowest BCUT2D eigenvalue weighted by atomic mass is 10.0. The molecule has 1 N–H and O–H groups in total. The molecule has 0 bridgehead atoms. The predicted molar refractivity (Wildman–Crippen MR) is 120 cm³/mol. The van der Waals surface area contributed by atoms with Gasteiger partial charge in [-0.1, -0.05) is 48.0 Å². The van der Waals surface area contributed by atoms with Crippen LogP contribution in [-0.2, 0) is 5.54 Å². The summed E-state index contributed by atoms with van der Waals surface area (Å²) in [4.78, 5) is 12.8. The van der Waals surface area contributed by atoms with E-state index in [1.54, 1.807) is 24.3 Å². The van der Waals surface area contributed by atoms with Crippen molar-refractivity contribution in [2.45, 2.75) is 26.3 Å². The summed E-state index contributed by atoms with van der Waals surface area (Å²) < 4.78 is 2.02. The van der Waals surface area contributed by atoms with Gasteiger partial charge in [0, 0.05) is 16.1 Å². The lowest BCUT2D eigenvalue weighted by Crippen LogP contribution is -2.23. The number of nitrogens with one attached hydrogen (secondary N) is 1. The number of carbonyl (C=O) groups excluding carboxylic acids is 1. The number of nitrogens with zero attached hydrogens (tertiary/aromatic N) is 2. The van der Waals surface area contributed by atoms with Gasteiger partial charge in [-0.15, -0.1) is 0 Å². The van der Waals surface area contributed by atoms with Crippen LogP contribution in [-0.4, -0.2) is 15.7 Å². The van der Waals surface area contributed by atoms with E-state index in [1.165, 1.54) is 0 Å². The van der Waals surface area contributed by atoms with E-state index in [0.29, 0.717) is 10.6 Å². The van der Waals surface area contributed by atoms with Crippen LogP contribution in [0.5, 0.6) is 0 Å². The largest absolute Gasteiger partial charge is 0.321 e. The summed E-state index contributed by atoms with van der Waals surface area (Å²) in [5.41, 5.74) is 3.92. The zero-order valence-corrected chi connectivity index (χ0v) is 17.4. The van der Waals surface area contributed by atoms with Gasteiger partial charge in [-0.25, -0.2) is 0 Å². The van der Waals surface area contributed by atoms with Crippen molar-refractivity contribution in [3.8, 4) is 11.3 Å². The summed E-state index contributed by atoms with van der Waals surface area (Å²) in [5.74, 6) is -0.184. The van der Waals surface area contributed by atoms with E-state index in [1.807, 2.05) is 53.2 Å². The Kier molecular flexibility index (Phi) is 4.89. The van der Waals surface area contributed by atoms with Crippen LogP contribution in [0.2, 0.25) is 5.02 Å². The molecular formula is C24H22ClN3O. The minimum Gasteiger partial charge on any atom is -0.321 e. The third kappa shape index (κ3) is 3.76. The topological polar surface area (TPSA) is 46.9 Å². The van der Waals surface area contributed by atoms with Crippen LogP contribution in [0.25, 0.3) is 22.2 Å². The van der Waals surface area contributed by atoms with Gasteiger partial charge >= 0.3 is 0 Å². The number of hydrogen-bond donors (Lipinski definition) is 1. The first-order valence-electron chi connectivity index (χ1n) is 9.49. The zero-order valence-electron chi connectivity index (χ0n) is 16.6. The highest BCUT2D eigenvalue weighted by molar-refractivity contribution is 6.30. The van der Waals surface area contributed by atoms with E-state index in [4.69, 9.17) is 16.7 Å². The van der Waals surface area contributed by atoms with Crippen molar-refractivity contribution in [3.63, 3.8) is 0 Å². The van der Waals surface area contributed by atoms with Crippen molar-refractivity contribution < 1.29 is 4.79 Å². The molecule has 0 saturated heterocycles. The fraction of sp³-hybridized carbons (Fsp3) is 0.167. The molecule has 0 atom stereocenters.